The van der Waals surface area contributed by atoms with Crippen molar-refractivity contribution < 1.29 is 14.3 Å². The van der Waals surface area contributed by atoms with Crippen LogP contribution >= 0.6 is 34.8 Å². The van der Waals surface area contributed by atoms with Gasteiger partial charge in [0, 0.05) is 37.4 Å². The Labute approximate surface area is 203 Å². The van der Waals surface area contributed by atoms with Crippen LogP contribution in [0, 0.1) is 17.4 Å². The molecule has 0 radical (unpaired) electrons. The molecule has 0 aromatic heterocycles. The number of hydrogen-bond acceptors (Lipinski definition) is 5. The van der Waals surface area contributed by atoms with E-state index in [1.807, 2.05) is 44.2 Å². The van der Waals surface area contributed by atoms with Gasteiger partial charge in [0.25, 0.3) is 5.91 Å². The van der Waals surface area contributed by atoms with Crippen molar-refractivity contribution in [3.63, 3.8) is 0 Å². The lowest BCUT2D eigenvalue weighted by Gasteiger charge is -2.34. The quantitative estimate of drug-likeness (QED) is 0.434. The third-order valence-corrected chi connectivity index (χ3v) is 6.66. The molecule has 3 rings (SSSR count). The normalized spacial score (nSPS) is 14.3. The number of nitrogens with one attached hydrogen (secondary N) is 1. The van der Waals surface area contributed by atoms with E-state index in [9.17, 15) is 4.79 Å². The monoisotopic (exact) mass is 553 g/mol. The standard InChI is InChI=1S/C23H28IN3O3S/c1-15-6-5-7-16(2)21(15)25-20(28)14-30-22-18(24)12-17(13-19(22)29-4)23(31)27-10-8-26(3)9-11-27/h5-7,12-13H,8-11,14H2,1-4H3,(H,25,28). The average molecular weight is 553 g/mol. The van der Waals surface area contributed by atoms with Gasteiger partial charge in [0.05, 0.1) is 10.7 Å². The van der Waals surface area contributed by atoms with E-state index in [0.29, 0.717) is 11.5 Å². The van der Waals surface area contributed by atoms with Gasteiger partial charge < -0.3 is 24.6 Å². The van der Waals surface area contributed by atoms with Crippen molar-refractivity contribution in [1.82, 2.24) is 9.80 Å². The summed E-state index contributed by atoms with van der Waals surface area (Å²) >= 11 is 7.94. The molecule has 0 spiro atoms. The molecule has 1 amide bonds. The van der Waals surface area contributed by atoms with Gasteiger partial charge in [0.15, 0.2) is 18.1 Å². The number of para-hydroxylation sites is 1. The summed E-state index contributed by atoms with van der Waals surface area (Å²) in [5.41, 5.74) is 3.78. The van der Waals surface area contributed by atoms with E-state index >= 15 is 0 Å². The molecule has 1 N–H and O–H groups in total. The molecule has 0 aliphatic carbocycles. The highest BCUT2D eigenvalue weighted by atomic mass is 127. The molecular formula is C23H28IN3O3S. The molecule has 31 heavy (non-hydrogen) atoms. The smallest absolute Gasteiger partial charge is 0.262 e. The Kier molecular flexibility index (Phi) is 8.12. The lowest BCUT2D eigenvalue weighted by Crippen LogP contribution is -2.46. The molecule has 1 aliphatic heterocycles. The molecule has 8 heteroatoms. The Balaban J connectivity index is 1.70. The summed E-state index contributed by atoms with van der Waals surface area (Å²) in [5.74, 6) is 0.898. The van der Waals surface area contributed by atoms with Crippen molar-refractivity contribution in [2.45, 2.75) is 13.8 Å². The van der Waals surface area contributed by atoms with Gasteiger partial charge in [0.2, 0.25) is 0 Å². The van der Waals surface area contributed by atoms with Crippen LogP contribution in [0.2, 0.25) is 0 Å². The van der Waals surface area contributed by atoms with Crippen molar-refractivity contribution in [1.29, 1.82) is 0 Å². The number of thiocarbonyl (C=S) groups is 1. The second kappa shape index (κ2) is 10.6. The fourth-order valence-corrected chi connectivity index (χ4v) is 4.56. The molecule has 1 saturated heterocycles. The summed E-state index contributed by atoms with van der Waals surface area (Å²) in [7, 11) is 3.72. The highest BCUT2D eigenvalue weighted by Crippen LogP contribution is 2.34. The van der Waals surface area contributed by atoms with Crippen LogP contribution in [0.4, 0.5) is 5.69 Å². The molecule has 6 nitrogen and oxygen atoms in total. The number of aryl methyl sites for hydroxylation is 2. The number of carbonyl (C=O) groups is 1. The molecule has 0 bridgehead atoms. The van der Waals surface area contributed by atoms with Crippen LogP contribution < -0.4 is 14.8 Å². The number of rotatable bonds is 6. The Morgan fingerprint density at radius 3 is 2.42 bits per heavy atom. The van der Waals surface area contributed by atoms with Crippen LogP contribution in [0.25, 0.3) is 0 Å². The minimum atomic E-state index is -0.215. The second-order valence-corrected chi connectivity index (χ2v) is 9.24. The first kappa shape index (κ1) is 23.7. The summed E-state index contributed by atoms with van der Waals surface area (Å²) in [5, 5.41) is 2.94. The van der Waals surface area contributed by atoms with Gasteiger partial charge in [-0.15, -0.1) is 0 Å². The van der Waals surface area contributed by atoms with E-state index in [4.69, 9.17) is 21.7 Å². The topological polar surface area (TPSA) is 54.0 Å². The van der Waals surface area contributed by atoms with Gasteiger partial charge in [-0.1, -0.05) is 30.4 Å². The molecule has 166 valence electrons. The van der Waals surface area contributed by atoms with Crippen molar-refractivity contribution in [2.75, 3.05) is 52.3 Å². The molecule has 0 atom stereocenters. The Bertz CT molecular complexity index is 955. The fraction of sp³-hybridized carbons (Fsp3) is 0.391. The number of amides is 1. The van der Waals surface area contributed by atoms with Gasteiger partial charge in [-0.25, -0.2) is 0 Å². The summed E-state index contributed by atoms with van der Waals surface area (Å²) in [4.78, 5) is 17.8. The highest BCUT2D eigenvalue weighted by molar-refractivity contribution is 14.1. The number of carbonyl (C=O) groups excluding carboxylic acids is 1. The van der Waals surface area contributed by atoms with Gasteiger partial charge in [-0.2, -0.15) is 0 Å². The van der Waals surface area contributed by atoms with Crippen LogP contribution in [0.5, 0.6) is 11.5 Å². The number of ether oxygens (including phenoxy) is 2. The van der Waals surface area contributed by atoms with Gasteiger partial charge in [0.1, 0.15) is 4.99 Å². The summed E-state index contributed by atoms with van der Waals surface area (Å²) in [6.07, 6.45) is 0. The van der Waals surface area contributed by atoms with Gasteiger partial charge in [-0.3, -0.25) is 4.79 Å². The lowest BCUT2D eigenvalue weighted by molar-refractivity contribution is -0.118. The Morgan fingerprint density at radius 2 is 1.81 bits per heavy atom. The maximum Gasteiger partial charge on any atom is 0.262 e. The van der Waals surface area contributed by atoms with E-state index in [1.165, 1.54) is 0 Å². The molecule has 1 heterocycles. The van der Waals surface area contributed by atoms with Gasteiger partial charge >= 0.3 is 0 Å². The number of nitrogens with zero attached hydrogens (tertiary/aromatic N) is 2. The maximum atomic E-state index is 12.5. The predicted octanol–water partition coefficient (Wildman–Crippen LogP) is 3.86. The van der Waals surface area contributed by atoms with Crippen LogP contribution in [0.3, 0.4) is 0 Å². The second-order valence-electron chi connectivity index (χ2n) is 7.69. The first-order valence-corrected chi connectivity index (χ1v) is 11.6. The van der Waals surface area contributed by atoms with Gasteiger partial charge in [-0.05, 0) is 66.7 Å². The maximum absolute atomic E-state index is 12.5. The van der Waals surface area contributed by atoms with Crippen molar-refractivity contribution in [3.05, 3.63) is 50.6 Å². The van der Waals surface area contributed by atoms with Crippen molar-refractivity contribution >= 4 is 51.4 Å². The number of piperazine rings is 1. The summed E-state index contributed by atoms with van der Waals surface area (Å²) < 4.78 is 12.3. The average Bonchev–Trinajstić information content (AvgIpc) is 2.75. The van der Waals surface area contributed by atoms with E-state index < -0.39 is 0 Å². The first-order valence-electron chi connectivity index (χ1n) is 10.1. The largest absolute Gasteiger partial charge is 0.493 e. The molecule has 0 saturated carbocycles. The van der Waals surface area contributed by atoms with E-state index in [1.54, 1.807) is 7.11 Å². The van der Waals surface area contributed by atoms with Crippen LogP contribution in [0.1, 0.15) is 16.7 Å². The number of anilines is 1. The predicted molar refractivity (Wildman–Crippen MR) is 137 cm³/mol. The fourth-order valence-electron chi connectivity index (χ4n) is 3.50. The number of hydrogen-bond donors (Lipinski definition) is 1. The summed E-state index contributed by atoms with van der Waals surface area (Å²) in [6, 6.07) is 9.79. The van der Waals surface area contributed by atoms with Crippen LogP contribution in [-0.4, -0.2) is 67.6 Å². The number of methoxy groups -OCH3 is 1. The zero-order valence-electron chi connectivity index (χ0n) is 18.3. The molecule has 1 aliphatic rings. The SMILES string of the molecule is COc1cc(C(=S)N2CCN(C)CC2)cc(I)c1OCC(=O)Nc1c(C)cccc1C. The number of benzene rings is 2. The van der Waals surface area contributed by atoms with Crippen molar-refractivity contribution in [3.8, 4) is 11.5 Å². The van der Waals surface area contributed by atoms with Crippen LogP contribution in [0.15, 0.2) is 30.3 Å². The highest BCUT2D eigenvalue weighted by Gasteiger charge is 2.21. The molecular weight excluding hydrogens is 525 g/mol. The summed E-state index contributed by atoms with van der Waals surface area (Å²) in [6.45, 7) is 7.63. The molecule has 0 unspecified atom stereocenters. The molecule has 1 fully saturated rings. The van der Waals surface area contributed by atoms with E-state index in [0.717, 1.165) is 57.1 Å². The minimum Gasteiger partial charge on any atom is -0.493 e. The lowest BCUT2D eigenvalue weighted by atomic mass is 10.1. The van der Waals surface area contributed by atoms with E-state index in [-0.39, 0.29) is 12.5 Å². The zero-order chi connectivity index (χ0) is 22.5. The third-order valence-electron chi connectivity index (χ3n) is 5.36. The molecule has 2 aromatic rings. The van der Waals surface area contributed by atoms with E-state index in [2.05, 4.69) is 44.8 Å². The minimum absolute atomic E-state index is 0.109. The van der Waals surface area contributed by atoms with Crippen LogP contribution in [-0.2, 0) is 4.79 Å². The zero-order valence-corrected chi connectivity index (χ0v) is 21.3. The van der Waals surface area contributed by atoms with Crippen molar-refractivity contribution in [2.24, 2.45) is 0 Å². The third kappa shape index (κ3) is 5.87. The Morgan fingerprint density at radius 1 is 1.16 bits per heavy atom. The first-order chi connectivity index (χ1) is 14.8. The molecule has 2 aromatic carbocycles. The number of halogens is 1. The number of likely N-dealkylation sites (N-methyl/N-ethyl adjacent to an activating group) is 1. The Hall–Kier alpha value is -1.91.